The predicted octanol–water partition coefficient (Wildman–Crippen LogP) is 5.75. The molecular weight excluding hydrogens is 411 g/mol. The Morgan fingerprint density at radius 2 is 2.17 bits per heavy atom. The van der Waals surface area contributed by atoms with Crippen LogP contribution >= 0.6 is 23.0 Å². The molecule has 1 saturated carbocycles. The highest BCUT2D eigenvalue weighted by molar-refractivity contribution is 14.1. The Morgan fingerprint density at radius 3 is 2.88 bits per heavy atom. The smallest absolute Gasteiger partial charge is 0.119 e. The van der Waals surface area contributed by atoms with Crippen molar-refractivity contribution in [3.05, 3.63) is 48.1 Å². The Hall–Kier alpha value is -0.810. The normalized spacial score (nSPS) is 37.0. The van der Waals surface area contributed by atoms with Crippen LogP contribution in [0.25, 0.3) is 5.57 Å². The van der Waals surface area contributed by atoms with Gasteiger partial charge in [0.1, 0.15) is 28.8 Å². The van der Waals surface area contributed by atoms with Crippen LogP contribution in [-0.2, 0) is 9.49 Å². The summed E-state index contributed by atoms with van der Waals surface area (Å²) in [5, 5.41) is 0. The van der Waals surface area contributed by atoms with E-state index >= 15 is 0 Å². The Morgan fingerprint density at radius 1 is 1.33 bits per heavy atom. The topological polar surface area (TPSA) is 18.5 Å². The van der Waals surface area contributed by atoms with Gasteiger partial charge in [0.25, 0.3) is 0 Å². The van der Waals surface area contributed by atoms with Crippen molar-refractivity contribution in [2.45, 2.75) is 45.1 Å². The molecule has 3 heteroatoms. The van der Waals surface area contributed by atoms with Gasteiger partial charge in [0.05, 0.1) is 13.2 Å². The zero-order valence-electron chi connectivity index (χ0n) is 14.5. The van der Waals surface area contributed by atoms with E-state index in [1.807, 2.05) is 0 Å². The van der Waals surface area contributed by atoms with Crippen LogP contribution < -0.4 is 4.74 Å². The molecule has 0 heterocycles. The summed E-state index contributed by atoms with van der Waals surface area (Å²) in [6.07, 6.45) is 10.8. The van der Waals surface area contributed by atoms with Crippen molar-refractivity contribution in [3.63, 3.8) is 0 Å². The molecule has 24 heavy (non-hydrogen) atoms. The fraction of sp³-hybridized carbons (Fsp3) is 0.524. The molecule has 0 N–H and O–H groups in total. The summed E-state index contributed by atoms with van der Waals surface area (Å²) < 4.78 is 11.3. The standard InChI is InChI=1S/C21H25IO2/c1-4-21-12-9-14-13-15(23-3)5-6-16(14)17(21)10-11-20(2)18(21)7-8-19(20)24-22/h4-6,10,13,18-19H,1,7-9,11-12H2,2-3H3. The van der Waals surface area contributed by atoms with Gasteiger partial charge < -0.3 is 7.80 Å². The number of ether oxygens (including phenoxy) is 1. The minimum absolute atomic E-state index is 0.0957. The lowest BCUT2D eigenvalue weighted by Gasteiger charge is -2.53. The maximum absolute atomic E-state index is 5.84. The van der Waals surface area contributed by atoms with Crippen LogP contribution in [-0.4, -0.2) is 13.2 Å². The molecule has 4 atom stereocenters. The number of halogens is 1. The number of aryl methyl sites for hydroxylation is 1. The first-order valence-electron chi connectivity index (χ1n) is 8.88. The molecule has 0 saturated heterocycles. The molecule has 0 spiro atoms. The van der Waals surface area contributed by atoms with Gasteiger partial charge in [-0.3, -0.25) is 0 Å². The van der Waals surface area contributed by atoms with Gasteiger partial charge in [-0.25, -0.2) is 0 Å². The Kier molecular flexibility index (Phi) is 4.07. The lowest BCUT2D eigenvalue weighted by Crippen LogP contribution is -2.46. The van der Waals surface area contributed by atoms with Gasteiger partial charge in [-0.05, 0) is 66.9 Å². The largest absolute Gasteiger partial charge is 0.497 e. The maximum Gasteiger partial charge on any atom is 0.119 e. The summed E-state index contributed by atoms with van der Waals surface area (Å²) in [5.41, 5.74) is 4.64. The van der Waals surface area contributed by atoms with Gasteiger partial charge in [-0.2, -0.15) is 0 Å². The van der Waals surface area contributed by atoms with Crippen LogP contribution in [0.1, 0.15) is 43.7 Å². The molecule has 1 aromatic rings. The molecule has 4 rings (SSSR count). The van der Waals surface area contributed by atoms with Crippen LogP contribution in [0, 0.1) is 16.7 Å². The van der Waals surface area contributed by atoms with Crippen LogP contribution in [0.4, 0.5) is 0 Å². The van der Waals surface area contributed by atoms with Crippen LogP contribution in [0.2, 0.25) is 0 Å². The number of fused-ring (bicyclic) bond motifs is 5. The number of allylic oxidation sites excluding steroid dienone is 3. The Balaban J connectivity index is 1.85. The molecule has 0 bridgehead atoms. The number of hydrogen-bond donors (Lipinski definition) is 0. The molecule has 0 radical (unpaired) electrons. The van der Waals surface area contributed by atoms with Gasteiger partial charge in [0.15, 0.2) is 0 Å². The van der Waals surface area contributed by atoms with Gasteiger partial charge >= 0.3 is 0 Å². The van der Waals surface area contributed by atoms with E-state index < -0.39 is 0 Å². The van der Waals surface area contributed by atoms with E-state index in [1.165, 1.54) is 23.1 Å². The SMILES string of the molecule is C=CC12CCc3cc(OC)ccc3C1=CCC1(C)C(OI)CCC21. The highest BCUT2D eigenvalue weighted by Gasteiger charge is 2.58. The van der Waals surface area contributed by atoms with Crippen molar-refractivity contribution in [1.29, 1.82) is 0 Å². The molecule has 0 aliphatic heterocycles. The number of methoxy groups -OCH3 is 1. The van der Waals surface area contributed by atoms with E-state index in [2.05, 4.69) is 66.9 Å². The van der Waals surface area contributed by atoms with Crippen molar-refractivity contribution >= 4 is 28.6 Å². The lowest BCUT2D eigenvalue weighted by molar-refractivity contribution is 0.0476. The zero-order valence-corrected chi connectivity index (χ0v) is 16.6. The summed E-state index contributed by atoms with van der Waals surface area (Å²) in [4.78, 5) is 0. The first-order valence-corrected chi connectivity index (χ1v) is 9.76. The molecule has 0 amide bonds. The average molecular weight is 436 g/mol. The number of hydrogen-bond acceptors (Lipinski definition) is 2. The molecule has 1 aromatic carbocycles. The van der Waals surface area contributed by atoms with Crippen molar-refractivity contribution in [2.24, 2.45) is 16.7 Å². The van der Waals surface area contributed by atoms with E-state index in [0.717, 1.165) is 31.4 Å². The van der Waals surface area contributed by atoms with Crippen molar-refractivity contribution in [3.8, 4) is 5.75 Å². The summed E-state index contributed by atoms with van der Waals surface area (Å²) in [7, 11) is 1.74. The first-order chi connectivity index (χ1) is 11.6. The van der Waals surface area contributed by atoms with Gasteiger partial charge in [0.2, 0.25) is 0 Å². The summed E-state index contributed by atoms with van der Waals surface area (Å²) in [6.45, 7) is 6.73. The van der Waals surface area contributed by atoms with Crippen LogP contribution in [0.3, 0.4) is 0 Å². The Bertz CT molecular complexity index is 710. The first kappa shape index (κ1) is 16.6. The van der Waals surface area contributed by atoms with E-state index in [-0.39, 0.29) is 10.8 Å². The maximum atomic E-state index is 5.84. The number of rotatable bonds is 3. The molecule has 3 aliphatic carbocycles. The highest BCUT2D eigenvalue weighted by Crippen LogP contribution is 2.65. The van der Waals surface area contributed by atoms with E-state index in [0.29, 0.717) is 12.0 Å². The van der Waals surface area contributed by atoms with E-state index in [4.69, 9.17) is 7.80 Å². The second kappa shape index (κ2) is 5.87. The number of benzene rings is 1. The van der Waals surface area contributed by atoms with Crippen molar-refractivity contribution in [1.82, 2.24) is 0 Å². The molecule has 0 aromatic heterocycles. The van der Waals surface area contributed by atoms with Gasteiger partial charge in [0, 0.05) is 10.8 Å². The van der Waals surface area contributed by atoms with Crippen LogP contribution in [0.5, 0.6) is 5.75 Å². The van der Waals surface area contributed by atoms with Crippen molar-refractivity contribution < 1.29 is 7.80 Å². The van der Waals surface area contributed by atoms with Gasteiger partial charge in [-0.15, -0.1) is 6.58 Å². The third-order valence-corrected chi connectivity index (χ3v) is 7.61. The minimum atomic E-state index is 0.0957. The third kappa shape index (κ3) is 2.10. The fourth-order valence-corrected chi connectivity index (χ4v) is 6.53. The minimum Gasteiger partial charge on any atom is -0.497 e. The molecule has 4 unspecified atom stereocenters. The molecule has 1 fully saturated rings. The quantitative estimate of drug-likeness (QED) is 0.444. The molecule has 3 aliphatic rings. The zero-order chi connectivity index (χ0) is 16.9. The molecular formula is C21H25IO2. The van der Waals surface area contributed by atoms with Crippen LogP contribution in [0.15, 0.2) is 36.9 Å². The van der Waals surface area contributed by atoms with E-state index in [1.54, 1.807) is 7.11 Å². The second-order valence-corrected chi connectivity index (χ2v) is 8.31. The van der Waals surface area contributed by atoms with Gasteiger partial charge in [-0.1, -0.05) is 25.1 Å². The highest BCUT2D eigenvalue weighted by atomic mass is 127. The predicted molar refractivity (Wildman–Crippen MR) is 106 cm³/mol. The Labute approximate surface area is 159 Å². The van der Waals surface area contributed by atoms with E-state index in [9.17, 15) is 0 Å². The van der Waals surface area contributed by atoms with Crippen molar-refractivity contribution in [2.75, 3.05) is 7.11 Å². The summed E-state index contributed by atoms with van der Waals surface area (Å²) in [6, 6.07) is 6.56. The molecule has 128 valence electrons. The molecule has 2 nitrogen and oxygen atoms in total. The lowest BCUT2D eigenvalue weighted by atomic mass is 9.51. The third-order valence-electron chi connectivity index (χ3n) is 7.00. The summed E-state index contributed by atoms with van der Waals surface area (Å²) >= 11 is 2.10. The fourth-order valence-electron chi connectivity index (χ4n) is 5.70. The summed E-state index contributed by atoms with van der Waals surface area (Å²) in [5.74, 6) is 1.58. The second-order valence-electron chi connectivity index (χ2n) is 7.80. The monoisotopic (exact) mass is 436 g/mol. The average Bonchev–Trinajstić information content (AvgIpc) is 2.97.